The van der Waals surface area contributed by atoms with Gasteiger partial charge in [-0.1, -0.05) is 47.5 Å². The molecule has 296 valence electrons. The number of nitrogens with zero attached hydrogens (tertiary/aromatic N) is 4. The number of benzene rings is 4. The first-order valence-electron chi connectivity index (χ1n) is 17.9. The Bertz CT molecular complexity index is 2210. The molecule has 0 amide bonds. The molecule has 58 heavy (non-hydrogen) atoms. The average molecular weight is 856 g/mol. The van der Waals surface area contributed by atoms with E-state index in [9.17, 15) is 0 Å². The van der Waals surface area contributed by atoms with Crippen molar-refractivity contribution in [1.82, 2.24) is 30.6 Å². The summed E-state index contributed by atoms with van der Waals surface area (Å²) in [6.07, 6.45) is 0. The predicted molar refractivity (Wildman–Crippen MR) is 235 cm³/mol. The maximum atomic E-state index is 6.28. The maximum Gasteiger partial charge on any atom is 0.229 e. The molecule has 1 aliphatic rings. The van der Waals surface area contributed by atoms with Gasteiger partial charge in [0, 0.05) is 38.3 Å². The van der Waals surface area contributed by atoms with Crippen LogP contribution in [-0.4, -0.2) is 56.3 Å². The van der Waals surface area contributed by atoms with Crippen molar-refractivity contribution < 1.29 is 18.9 Å². The van der Waals surface area contributed by atoms with Crippen LogP contribution < -0.4 is 50.8 Å². The van der Waals surface area contributed by atoms with Crippen LogP contribution in [0.2, 0.25) is 10.0 Å². The monoisotopic (exact) mass is 854 g/mol. The number of thiocarbonyl (C=S) groups is 2. The molecule has 14 nitrogen and oxygen atoms in total. The summed E-state index contributed by atoms with van der Waals surface area (Å²) >= 11 is 23.4. The lowest BCUT2D eigenvalue weighted by atomic mass is 10.2. The second kappa shape index (κ2) is 18.8. The van der Waals surface area contributed by atoms with Gasteiger partial charge in [0.25, 0.3) is 0 Å². The van der Waals surface area contributed by atoms with E-state index in [-0.39, 0.29) is 35.4 Å². The zero-order valence-electron chi connectivity index (χ0n) is 31.1. The topological polar surface area (TPSA) is 161 Å². The Labute approximate surface area is 355 Å². The number of hydrogen-bond acceptors (Lipinski definition) is 12. The Hall–Kier alpha value is -6.20. The minimum absolute atomic E-state index is 0.232. The number of hydrogen-bond donors (Lipinski definition) is 6. The molecule has 18 heteroatoms. The molecule has 1 aliphatic heterocycles. The standard InChI is InChI=1S/C40H36Cl2N10O4S2/c1-23-15-25-19-26(16-23)54-34-22-36(52-38(50-34)44-12-14-46-40(58)48-32-10-6-4-8-30(32)42)56-28-18-24(2)17-27(20-28)55-35-21-33(53-25)49-37(51-35)43-11-13-45-39(57)47-31-9-5-3-7-29(31)41/h3-10,15-22H,11-14H2,1-2H3,(H,43,49,51)(H,44,50,52)(H2,45,47,57)(H2,46,48,58). The molecule has 0 unspecified atom stereocenters. The SMILES string of the molecule is Cc1cc2cc(c1)Oc1cc(nc(NCCNC(=S)Nc3ccccc3Cl)n1)Oc1cc(C)cc(c1)Oc1cc(nc(NCCNC(=S)Nc3ccccc3Cl)n1)O2. The number of anilines is 4. The van der Waals surface area contributed by atoms with E-state index < -0.39 is 0 Å². The highest BCUT2D eigenvalue weighted by Crippen LogP contribution is 2.35. The van der Waals surface area contributed by atoms with Gasteiger partial charge in [0.15, 0.2) is 10.2 Å². The number of aromatic nitrogens is 4. The molecular weight excluding hydrogens is 820 g/mol. The molecule has 0 saturated heterocycles. The highest BCUT2D eigenvalue weighted by molar-refractivity contribution is 7.80. The molecule has 0 aliphatic carbocycles. The molecule has 3 heterocycles. The van der Waals surface area contributed by atoms with Crippen LogP contribution in [0.25, 0.3) is 0 Å². The molecule has 0 saturated carbocycles. The highest BCUT2D eigenvalue weighted by atomic mass is 35.5. The third-order valence-corrected chi connectivity index (χ3v) is 9.08. The van der Waals surface area contributed by atoms with Gasteiger partial charge in [-0.3, -0.25) is 0 Å². The average Bonchev–Trinajstić information content (AvgIpc) is 3.16. The quantitative estimate of drug-likeness (QED) is 0.0570. The van der Waals surface area contributed by atoms with Crippen LogP contribution in [0.3, 0.4) is 0 Å². The second-order valence-corrected chi connectivity index (χ2v) is 14.3. The number of rotatable bonds is 10. The fraction of sp³-hybridized carbons (Fsp3) is 0.150. The minimum Gasteiger partial charge on any atom is -0.439 e. The van der Waals surface area contributed by atoms with Crippen molar-refractivity contribution in [1.29, 1.82) is 0 Å². The van der Waals surface area contributed by atoms with Gasteiger partial charge in [-0.2, -0.15) is 19.9 Å². The van der Waals surface area contributed by atoms with Gasteiger partial charge in [-0.05, 0) is 97.9 Å². The van der Waals surface area contributed by atoms with Crippen molar-refractivity contribution >= 4 is 81.1 Å². The van der Waals surface area contributed by atoms with Gasteiger partial charge in [-0.25, -0.2) is 0 Å². The van der Waals surface area contributed by atoms with E-state index in [0.717, 1.165) is 11.1 Å². The first-order chi connectivity index (χ1) is 28.1. The largest absolute Gasteiger partial charge is 0.439 e. The number of halogens is 2. The molecule has 6 aromatic rings. The molecule has 6 N–H and O–H groups in total. The number of ether oxygens (including phenoxy) is 4. The van der Waals surface area contributed by atoms with Crippen molar-refractivity contribution in [2.24, 2.45) is 0 Å². The van der Waals surface area contributed by atoms with Crippen LogP contribution in [0.1, 0.15) is 11.1 Å². The van der Waals surface area contributed by atoms with E-state index in [1.54, 1.807) is 36.4 Å². The molecular formula is C40H36Cl2N10O4S2. The first kappa shape index (κ1) is 40.0. The molecule has 0 fully saturated rings. The fourth-order valence-electron chi connectivity index (χ4n) is 5.48. The lowest BCUT2D eigenvalue weighted by Crippen LogP contribution is -2.32. The molecule has 0 spiro atoms. The van der Waals surface area contributed by atoms with Gasteiger partial charge in [-0.15, -0.1) is 0 Å². The van der Waals surface area contributed by atoms with Crippen LogP contribution in [0.15, 0.2) is 97.1 Å². The molecule has 0 radical (unpaired) electrons. The second-order valence-electron chi connectivity index (χ2n) is 12.7. The third-order valence-electron chi connectivity index (χ3n) is 7.93. The van der Waals surface area contributed by atoms with Crippen molar-refractivity contribution in [2.75, 3.05) is 47.4 Å². The van der Waals surface area contributed by atoms with Gasteiger partial charge in [0.05, 0.1) is 33.6 Å². The van der Waals surface area contributed by atoms with Crippen molar-refractivity contribution in [3.63, 3.8) is 0 Å². The summed E-state index contributed by atoms with van der Waals surface area (Å²) in [6.45, 7) is 5.57. The van der Waals surface area contributed by atoms with E-state index in [0.29, 0.717) is 80.8 Å². The predicted octanol–water partition coefficient (Wildman–Crippen LogP) is 9.47. The van der Waals surface area contributed by atoms with Gasteiger partial charge < -0.3 is 50.8 Å². The number of nitrogens with one attached hydrogen (secondary N) is 6. The number of fused-ring (bicyclic) bond motifs is 8. The minimum atomic E-state index is 0.232. The fourth-order valence-corrected chi connectivity index (χ4v) is 6.27. The van der Waals surface area contributed by atoms with Crippen LogP contribution in [-0.2, 0) is 0 Å². The summed E-state index contributed by atoms with van der Waals surface area (Å²) in [4.78, 5) is 18.4. The van der Waals surface area contributed by atoms with Gasteiger partial charge in [0.2, 0.25) is 35.4 Å². The van der Waals surface area contributed by atoms with E-state index in [2.05, 4.69) is 51.8 Å². The number of aryl methyl sites for hydroxylation is 2. The van der Waals surface area contributed by atoms with Crippen LogP contribution in [0, 0.1) is 13.8 Å². The summed E-state index contributed by atoms with van der Waals surface area (Å²) in [7, 11) is 0. The van der Waals surface area contributed by atoms with Crippen LogP contribution >= 0.6 is 47.6 Å². The summed E-state index contributed by atoms with van der Waals surface area (Å²) in [6, 6.07) is 28.8. The Balaban J connectivity index is 1.08. The Morgan fingerprint density at radius 1 is 0.500 bits per heavy atom. The van der Waals surface area contributed by atoms with E-state index >= 15 is 0 Å². The molecule has 0 atom stereocenters. The smallest absolute Gasteiger partial charge is 0.229 e. The van der Waals surface area contributed by atoms with Gasteiger partial charge in [0.1, 0.15) is 23.0 Å². The summed E-state index contributed by atoms with van der Waals surface area (Å²) < 4.78 is 25.1. The summed E-state index contributed by atoms with van der Waals surface area (Å²) in [5.41, 5.74) is 3.15. The molecule has 4 aromatic carbocycles. The Morgan fingerprint density at radius 2 is 0.845 bits per heavy atom. The van der Waals surface area contributed by atoms with Crippen molar-refractivity contribution in [3.8, 4) is 46.5 Å². The first-order valence-corrected chi connectivity index (χ1v) is 19.5. The lowest BCUT2D eigenvalue weighted by molar-refractivity contribution is 0.415. The maximum absolute atomic E-state index is 6.28. The van der Waals surface area contributed by atoms with E-state index in [1.165, 1.54) is 0 Å². The molecule has 8 bridgehead atoms. The van der Waals surface area contributed by atoms with Crippen LogP contribution in [0.5, 0.6) is 46.5 Å². The summed E-state index contributed by atoms with van der Waals surface area (Å²) in [5.74, 6) is 3.32. The van der Waals surface area contributed by atoms with E-state index in [1.807, 2.05) is 74.5 Å². The zero-order chi connectivity index (χ0) is 40.4. The van der Waals surface area contributed by atoms with Crippen molar-refractivity contribution in [2.45, 2.75) is 13.8 Å². The van der Waals surface area contributed by atoms with Crippen LogP contribution in [0.4, 0.5) is 23.3 Å². The third kappa shape index (κ3) is 11.4. The lowest BCUT2D eigenvalue weighted by Gasteiger charge is -2.16. The molecule has 7 rings (SSSR count). The Morgan fingerprint density at radius 3 is 1.19 bits per heavy atom. The highest BCUT2D eigenvalue weighted by Gasteiger charge is 2.15. The summed E-state index contributed by atoms with van der Waals surface area (Å²) in [5, 5.41) is 20.9. The van der Waals surface area contributed by atoms with E-state index in [4.69, 9.17) is 66.6 Å². The van der Waals surface area contributed by atoms with Crippen molar-refractivity contribution in [3.05, 3.63) is 118 Å². The molecule has 2 aromatic heterocycles. The Kier molecular flexibility index (Phi) is 13.0. The zero-order valence-corrected chi connectivity index (χ0v) is 34.2. The normalized spacial score (nSPS) is 11.4. The number of para-hydroxylation sites is 2. The van der Waals surface area contributed by atoms with Gasteiger partial charge >= 0.3 is 0 Å².